The number of rotatable bonds is 4. The second-order valence-electron chi connectivity index (χ2n) is 6.23. The number of nitrogens with one attached hydrogen (secondary N) is 1. The lowest BCUT2D eigenvalue weighted by molar-refractivity contribution is -0.123. The van der Waals surface area contributed by atoms with E-state index in [2.05, 4.69) is 10.4 Å². The highest BCUT2D eigenvalue weighted by Crippen LogP contribution is 2.21. The van der Waals surface area contributed by atoms with Gasteiger partial charge in [0.15, 0.2) is 6.10 Å². The van der Waals surface area contributed by atoms with Gasteiger partial charge >= 0.3 is 5.97 Å². The summed E-state index contributed by atoms with van der Waals surface area (Å²) in [4.78, 5) is 25.0. The van der Waals surface area contributed by atoms with Crippen molar-refractivity contribution in [1.29, 1.82) is 0 Å². The van der Waals surface area contributed by atoms with Crippen LogP contribution in [0, 0.1) is 13.8 Å². The molecule has 0 spiro atoms. The lowest BCUT2D eigenvalue weighted by Crippen LogP contribution is -2.30. The van der Waals surface area contributed by atoms with Gasteiger partial charge in [-0.25, -0.2) is 4.79 Å². The minimum absolute atomic E-state index is 0.391. The molecule has 1 N–H and O–H groups in total. The van der Waals surface area contributed by atoms with Gasteiger partial charge in [0.05, 0.1) is 22.6 Å². The maximum absolute atomic E-state index is 12.5. The molecule has 134 valence electrons. The van der Waals surface area contributed by atoms with E-state index in [0.29, 0.717) is 16.9 Å². The molecule has 3 aromatic rings. The van der Waals surface area contributed by atoms with E-state index in [0.717, 1.165) is 16.5 Å². The van der Waals surface area contributed by atoms with Crippen molar-refractivity contribution in [3.05, 3.63) is 59.4 Å². The molecule has 0 radical (unpaired) electrons. The fraction of sp³-hybridized carbons (Fsp3) is 0.250. The Bertz CT molecular complexity index is 986. The van der Waals surface area contributed by atoms with E-state index >= 15 is 0 Å². The summed E-state index contributed by atoms with van der Waals surface area (Å²) in [6.45, 7) is 5.23. The van der Waals surface area contributed by atoms with Gasteiger partial charge in [-0.2, -0.15) is 5.10 Å². The molecule has 2 aromatic carbocycles. The summed E-state index contributed by atoms with van der Waals surface area (Å²) in [6, 6.07) is 13.0. The van der Waals surface area contributed by atoms with Crippen LogP contribution in [0.15, 0.2) is 42.5 Å². The quantitative estimate of drug-likeness (QED) is 0.732. The average molecular weight is 351 g/mol. The van der Waals surface area contributed by atoms with Crippen molar-refractivity contribution in [3.63, 3.8) is 0 Å². The van der Waals surface area contributed by atoms with Crippen LogP contribution in [0.1, 0.15) is 28.7 Å². The van der Waals surface area contributed by atoms with Crippen LogP contribution < -0.4 is 5.32 Å². The first-order chi connectivity index (χ1) is 12.4. The molecular weight excluding hydrogens is 330 g/mol. The Morgan fingerprint density at radius 1 is 1.12 bits per heavy atom. The van der Waals surface area contributed by atoms with Crippen LogP contribution in [0.4, 0.5) is 5.69 Å². The number of esters is 1. The summed E-state index contributed by atoms with van der Waals surface area (Å²) in [5, 5.41) is 8.80. The minimum Gasteiger partial charge on any atom is -0.449 e. The highest BCUT2D eigenvalue weighted by Gasteiger charge is 2.22. The van der Waals surface area contributed by atoms with Crippen molar-refractivity contribution in [3.8, 4) is 0 Å². The molecule has 0 saturated carbocycles. The third-order valence-corrected chi connectivity index (χ3v) is 4.42. The van der Waals surface area contributed by atoms with Crippen molar-refractivity contribution in [2.24, 2.45) is 7.05 Å². The Hall–Kier alpha value is -3.15. The summed E-state index contributed by atoms with van der Waals surface area (Å²) >= 11 is 0. The molecule has 0 saturated heterocycles. The molecule has 1 atom stereocenters. The van der Waals surface area contributed by atoms with Gasteiger partial charge in [-0.3, -0.25) is 9.48 Å². The molecule has 0 aliphatic carbocycles. The van der Waals surface area contributed by atoms with Crippen molar-refractivity contribution < 1.29 is 14.3 Å². The van der Waals surface area contributed by atoms with Crippen molar-refractivity contribution in [2.75, 3.05) is 5.32 Å². The SMILES string of the molecule is Cc1nn(C)c(C)c1NC(=O)[C@H](C)OC(=O)c1cccc2ccccc12. The number of aryl methyl sites for hydroxylation is 2. The first-order valence-corrected chi connectivity index (χ1v) is 8.38. The number of benzene rings is 2. The van der Waals surface area contributed by atoms with Crippen LogP contribution in [0.5, 0.6) is 0 Å². The zero-order chi connectivity index (χ0) is 18.8. The summed E-state index contributed by atoms with van der Waals surface area (Å²) in [5.74, 6) is -0.915. The highest BCUT2D eigenvalue weighted by atomic mass is 16.5. The smallest absolute Gasteiger partial charge is 0.339 e. The molecule has 1 aromatic heterocycles. The Balaban J connectivity index is 1.75. The Morgan fingerprint density at radius 2 is 1.81 bits per heavy atom. The monoisotopic (exact) mass is 351 g/mol. The summed E-state index contributed by atoms with van der Waals surface area (Å²) in [5.41, 5.74) is 2.64. The van der Waals surface area contributed by atoms with Gasteiger partial charge in [0.25, 0.3) is 5.91 Å². The van der Waals surface area contributed by atoms with Gasteiger partial charge in [0.1, 0.15) is 0 Å². The molecule has 0 aliphatic heterocycles. The van der Waals surface area contributed by atoms with Crippen LogP contribution in [0.2, 0.25) is 0 Å². The summed E-state index contributed by atoms with van der Waals surface area (Å²) in [6.07, 6.45) is -0.930. The number of amides is 1. The summed E-state index contributed by atoms with van der Waals surface area (Å²) < 4.78 is 7.08. The van der Waals surface area contributed by atoms with Gasteiger partial charge in [-0.05, 0) is 37.6 Å². The number of aromatic nitrogens is 2. The number of hydrogen-bond acceptors (Lipinski definition) is 4. The maximum atomic E-state index is 12.5. The molecular formula is C20H21N3O3. The third-order valence-electron chi connectivity index (χ3n) is 4.42. The molecule has 0 unspecified atom stereocenters. The largest absolute Gasteiger partial charge is 0.449 e. The van der Waals surface area contributed by atoms with Crippen LogP contribution in [0.3, 0.4) is 0 Å². The van der Waals surface area contributed by atoms with Crippen LogP contribution in [0.25, 0.3) is 10.8 Å². The van der Waals surface area contributed by atoms with E-state index in [-0.39, 0.29) is 0 Å². The van der Waals surface area contributed by atoms with Gasteiger partial charge in [0.2, 0.25) is 0 Å². The Kier molecular flexibility index (Phi) is 4.75. The topological polar surface area (TPSA) is 73.2 Å². The molecule has 6 heteroatoms. The number of carbonyl (C=O) groups excluding carboxylic acids is 2. The number of carbonyl (C=O) groups is 2. The zero-order valence-corrected chi connectivity index (χ0v) is 15.2. The van der Waals surface area contributed by atoms with E-state index in [9.17, 15) is 9.59 Å². The first-order valence-electron chi connectivity index (χ1n) is 8.38. The van der Waals surface area contributed by atoms with Crippen LogP contribution in [-0.2, 0) is 16.6 Å². The highest BCUT2D eigenvalue weighted by molar-refractivity contribution is 6.05. The molecule has 0 bridgehead atoms. The van der Waals surface area contributed by atoms with E-state index in [1.165, 1.54) is 0 Å². The molecule has 0 aliphatic rings. The Labute approximate surface area is 151 Å². The molecule has 26 heavy (non-hydrogen) atoms. The van der Waals surface area contributed by atoms with Crippen LogP contribution in [-0.4, -0.2) is 27.8 Å². The number of fused-ring (bicyclic) bond motifs is 1. The second-order valence-corrected chi connectivity index (χ2v) is 6.23. The third kappa shape index (κ3) is 3.31. The van der Waals surface area contributed by atoms with Crippen molar-refractivity contribution in [2.45, 2.75) is 26.9 Å². The molecule has 1 amide bonds. The van der Waals surface area contributed by atoms with Crippen molar-refractivity contribution >= 4 is 28.3 Å². The predicted octanol–water partition coefficient (Wildman–Crippen LogP) is 3.37. The standard InChI is InChI=1S/C20H21N3O3/c1-12-18(13(2)23(4)22-12)21-19(24)14(3)26-20(25)17-11-7-9-15-8-5-6-10-16(15)17/h5-11,14H,1-4H3,(H,21,24)/t14-/m0/s1. The lowest BCUT2D eigenvalue weighted by atomic mass is 10.0. The predicted molar refractivity (Wildman–Crippen MR) is 100 cm³/mol. The fourth-order valence-electron chi connectivity index (χ4n) is 2.86. The Morgan fingerprint density at radius 3 is 2.50 bits per heavy atom. The van der Waals surface area contributed by atoms with Gasteiger partial charge < -0.3 is 10.1 Å². The maximum Gasteiger partial charge on any atom is 0.339 e. The second kappa shape index (κ2) is 7.00. The van der Waals surface area contributed by atoms with E-state index < -0.39 is 18.0 Å². The fourth-order valence-corrected chi connectivity index (χ4v) is 2.86. The van der Waals surface area contributed by atoms with E-state index in [1.807, 2.05) is 51.2 Å². The molecule has 1 heterocycles. The normalized spacial score (nSPS) is 12.0. The van der Waals surface area contributed by atoms with Gasteiger partial charge in [-0.1, -0.05) is 36.4 Å². The van der Waals surface area contributed by atoms with Crippen LogP contribution >= 0.6 is 0 Å². The van der Waals surface area contributed by atoms with Gasteiger partial charge in [-0.15, -0.1) is 0 Å². The molecule has 6 nitrogen and oxygen atoms in total. The first kappa shape index (κ1) is 17.7. The number of nitrogens with zero attached hydrogens (tertiary/aromatic N) is 2. The summed E-state index contributed by atoms with van der Waals surface area (Å²) in [7, 11) is 1.81. The average Bonchev–Trinajstić information content (AvgIpc) is 2.87. The lowest BCUT2D eigenvalue weighted by Gasteiger charge is -2.14. The molecule has 3 rings (SSSR count). The molecule has 0 fully saturated rings. The number of hydrogen-bond donors (Lipinski definition) is 1. The minimum atomic E-state index is -0.930. The van der Waals surface area contributed by atoms with Crippen molar-refractivity contribution in [1.82, 2.24) is 9.78 Å². The van der Waals surface area contributed by atoms with Gasteiger partial charge in [0, 0.05) is 7.05 Å². The van der Waals surface area contributed by atoms with E-state index in [4.69, 9.17) is 4.74 Å². The van der Waals surface area contributed by atoms with E-state index in [1.54, 1.807) is 23.7 Å². The number of ether oxygens (including phenoxy) is 1. The number of anilines is 1. The zero-order valence-electron chi connectivity index (χ0n) is 15.2.